The molecule has 0 spiro atoms. The third-order valence-electron chi connectivity index (χ3n) is 3.74. The lowest BCUT2D eigenvalue weighted by atomic mass is 9.99. The highest BCUT2D eigenvalue weighted by molar-refractivity contribution is 5.73. The minimum Gasteiger partial charge on any atom is -0.464 e. The molecule has 0 heterocycles. The van der Waals surface area contributed by atoms with Crippen LogP contribution in [-0.4, -0.2) is 87.5 Å². The van der Waals surface area contributed by atoms with Crippen molar-refractivity contribution in [2.24, 2.45) is 0 Å². The summed E-state index contributed by atoms with van der Waals surface area (Å²) in [5.74, 6) is -2.14. The maximum absolute atomic E-state index is 11.9. The van der Waals surface area contributed by atoms with Gasteiger partial charge in [-0.25, -0.2) is 0 Å². The average Bonchev–Trinajstić information content (AvgIpc) is 2.55. The summed E-state index contributed by atoms with van der Waals surface area (Å²) >= 11 is 0. The van der Waals surface area contributed by atoms with Crippen molar-refractivity contribution in [1.29, 1.82) is 0 Å². The highest BCUT2D eigenvalue weighted by Gasteiger charge is 2.42. The van der Waals surface area contributed by atoms with Gasteiger partial charge in [-0.05, 0) is 0 Å². The number of methoxy groups -OCH3 is 2. The van der Waals surface area contributed by atoms with E-state index in [0.29, 0.717) is 0 Å². The van der Waals surface area contributed by atoms with E-state index in [1.165, 1.54) is 53.9 Å². The maximum Gasteiger partial charge on any atom is 0.303 e. The number of carbonyl (C=O) groups is 4. The van der Waals surface area contributed by atoms with E-state index in [1.54, 1.807) is 0 Å². The molecule has 0 rings (SSSR count). The zero-order valence-electron chi connectivity index (χ0n) is 16.8. The summed E-state index contributed by atoms with van der Waals surface area (Å²) in [5.41, 5.74) is 0. The highest BCUT2D eigenvalue weighted by atomic mass is 16.6. The van der Waals surface area contributed by atoms with Crippen LogP contribution in [0.5, 0.6) is 0 Å². The van der Waals surface area contributed by atoms with Crippen LogP contribution < -0.4 is 0 Å². The first kappa shape index (κ1) is 24.8. The quantitative estimate of drug-likeness (QED) is 0.352. The lowest BCUT2D eigenvalue weighted by Gasteiger charge is -2.38. The SMILES string of the molecule is COCC(OC(C)=O)C(OC(C)=O)C(OC)C(COC(C)=O)N(C)C(C)=O. The van der Waals surface area contributed by atoms with E-state index in [4.69, 9.17) is 23.7 Å². The van der Waals surface area contributed by atoms with Crippen LogP contribution in [0.2, 0.25) is 0 Å². The molecule has 0 aromatic rings. The van der Waals surface area contributed by atoms with Crippen LogP contribution in [-0.2, 0) is 42.9 Å². The lowest BCUT2D eigenvalue weighted by Crippen LogP contribution is -2.57. The molecule has 4 unspecified atom stereocenters. The van der Waals surface area contributed by atoms with Gasteiger partial charge in [-0.2, -0.15) is 0 Å². The van der Waals surface area contributed by atoms with Crippen molar-refractivity contribution in [2.75, 3.05) is 34.5 Å². The smallest absolute Gasteiger partial charge is 0.303 e. The molecule has 0 aromatic carbocycles. The summed E-state index contributed by atoms with van der Waals surface area (Å²) in [5, 5.41) is 0. The topological polar surface area (TPSA) is 118 Å². The Labute approximate surface area is 159 Å². The molecule has 0 aliphatic carbocycles. The molecule has 10 heteroatoms. The zero-order valence-corrected chi connectivity index (χ0v) is 16.8. The lowest BCUT2D eigenvalue weighted by molar-refractivity contribution is -0.189. The van der Waals surface area contributed by atoms with Crippen molar-refractivity contribution in [1.82, 2.24) is 4.90 Å². The van der Waals surface area contributed by atoms with Crippen molar-refractivity contribution in [3.63, 3.8) is 0 Å². The van der Waals surface area contributed by atoms with E-state index in [0.717, 1.165) is 0 Å². The van der Waals surface area contributed by atoms with Crippen LogP contribution in [0.15, 0.2) is 0 Å². The van der Waals surface area contributed by atoms with E-state index >= 15 is 0 Å². The van der Waals surface area contributed by atoms with E-state index in [9.17, 15) is 19.2 Å². The van der Waals surface area contributed by atoms with Gasteiger partial charge in [0.1, 0.15) is 12.7 Å². The molecule has 0 saturated heterocycles. The van der Waals surface area contributed by atoms with Crippen LogP contribution in [0.1, 0.15) is 27.7 Å². The van der Waals surface area contributed by atoms with Crippen molar-refractivity contribution in [3.05, 3.63) is 0 Å². The summed E-state index contributed by atoms with van der Waals surface area (Å²) in [6.45, 7) is 4.65. The monoisotopic (exact) mass is 391 g/mol. The highest BCUT2D eigenvalue weighted by Crippen LogP contribution is 2.20. The normalized spacial score (nSPS) is 15.1. The number of nitrogens with zero attached hydrogens (tertiary/aromatic N) is 1. The minimum atomic E-state index is -1.11. The molecule has 10 nitrogen and oxygen atoms in total. The van der Waals surface area contributed by atoms with Gasteiger partial charge < -0.3 is 28.6 Å². The van der Waals surface area contributed by atoms with Crippen LogP contribution in [0, 0.1) is 0 Å². The van der Waals surface area contributed by atoms with Gasteiger partial charge in [0.05, 0.1) is 12.6 Å². The first-order valence-corrected chi connectivity index (χ1v) is 8.28. The van der Waals surface area contributed by atoms with Crippen molar-refractivity contribution >= 4 is 23.8 Å². The Kier molecular flexibility index (Phi) is 11.2. The van der Waals surface area contributed by atoms with E-state index in [2.05, 4.69) is 0 Å². The summed E-state index contributed by atoms with van der Waals surface area (Å²) in [4.78, 5) is 47.5. The molecule has 1 amide bonds. The van der Waals surface area contributed by atoms with Gasteiger partial charge in [-0.3, -0.25) is 19.2 Å². The number of amides is 1. The summed E-state index contributed by atoms with van der Waals surface area (Å²) in [7, 11) is 4.22. The van der Waals surface area contributed by atoms with Gasteiger partial charge in [-0.15, -0.1) is 0 Å². The Morgan fingerprint density at radius 2 is 1.37 bits per heavy atom. The molecule has 0 N–H and O–H groups in total. The molecule has 0 radical (unpaired) electrons. The Morgan fingerprint density at radius 1 is 0.815 bits per heavy atom. The van der Waals surface area contributed by atoms with Crippen LogP contribution in [0.25, 0.3) is 0 Å². The van der Waals surface area contributed by atoms with Gasteiger partial charge >= 0.3 is 17.9 Å². The molecule has 0 aliphatic rings. The largest absolute Gasteiger partial charge is 0.464 e. The Morgan fingerprint density at radius 3 is 1.74 bits per heavy atom. The predicted octanol–water partition coefficient (Wildman–Crippen LogP) is -0.0788. The Bertz CT molecular complexity index is 523. The second-order valence-electron chi connectivity index (χ2n) is 5.88. The van der Waals surface area contributed by atoms with Crippen LogP contribution in [0.3, 0.4) is 0 Å². The zero-order chi connectivity index (χ0) is 21.1. The molecule has 0 aromatic heterocycles. The second-order valence-corrected chi connectivity index (χ2v) is 5.88. The van der Waals surface area contributed by atoms with E-state index in [1.807, 2.05) is 0 Å². The standard InChI is InChI=1S/C17H29NO9/c1-10(19)18(5)14(8-25-11(2)20)16(24-7)17(27-13(4)22)15(9-23-6)26-12(3)21/h14-17H,8-9H2,1-7H3. The van der Waals surface area contributed by atoms with Crippen LogP contribution in [0.4, 0.5) is 0 Å². The van der Waals surface area contributed by atoms with E-state index < -0.39 is 42.3 Å². The third kappa shape index (κ3) is 8.83. The van der Waals surface area contributed by atoms with Gasteiger partial charge in [-0.1, -0.05) is 0 Å². The first-order chi connectivity index (χ1) is 12.5. The predicted molar refractivity (Wildman–Crippen MR) is 92.6 cm³/mol. The molecule has 27 heavy (non-hydrogen) atoms. The molecular formula is C17H29NO9. The van der Waals surface area contributed by atoms with Gasteiger partial charge in [0.25, 0.3) is 0 Å². The molecular weight excluding hydrogens is 362 g/mol. The van der Waals surface area contributed by atoms with Crippen LogP contribution >= 0.6 is 0 Å². The Hall–Kier alpha value is -2.20. The van der Waals surface area contributed by atoms with Crippen molar-refractivity contribution in [2.45, 2.75) is 52.0 Å². The molecule has 0 bridgehead atoms. The molecule has 0 aliphatic heterocycles. The van der Waals surface area contributed by atoms with Crippen molar-refractivity contribution in [3.8, 4) is 0 Å². The fourth-order valence-corrected chi connectivity index (χ4v) is 2.49. The first-order valence-electron chi connectivity index (χ1n) is 8.28. The fourth-order valence-electron chi connectivity index (χ4n) is 2.49. The molecule has 156 valence electrons. The Balaban J connectivity index is 5.94. The number of esters is 3. The molecule has 0 fully saturated rings. The molecule has 4 atom stereocenters. The second kappa shape index (κ2) is 12.2. The summed E-state index contributed by atoms with van der Waals surface area (Å²) in [6, 6.07) is -0.810. The summed E-state index contributed by atoms with van der Waals surface area (Å²) < 4.78 is 26.1. The number of ether oxygens (including phenoxy) is 5. The number of carbonyl (C=O) groups excluding carboxylic acids is 4. The number of rotatable bonds is 11. The average molecular weight is 391 g/mol. The third-order valence-corrected chi connectivity index (χ3v) is 3.74. The molecule has 0 saturated carbocycles. The number of likely N-dealkylation sites (N-methyl/N-ethyl adjacent to an activating group) is 1. The number of hydrogen-bond acceptors (Lipinski definition) is 9. The fraction of sp³-hybridized carbons (Fsp3) is 0.765. The number of hydrogen-bond donors (Lipinski definition) is 0. The van der Waals surface area contributed by atoms with Gasteiger partial charge in [0.15, 0.2) is 12.2 Å². The van der Waals surface area contributed by atoms with Crippen molar-refractivity contribution < 1.29 is 42.9 Å². The van der Waals surface area contributed by atoms with Gasteiger partial charge in [0, 0.05) is 49.0 Å². The van der Waals surface area contributed by atoms with Gasteiger partial charge in [0.2, 0.25) is 5.91 Å². The van der Waals surface area contributed by atoms with E-state index in [-0.39, 0.29) is 19.1 Å². The summed E-state index contributed by atoms with van der Waals surface area (Å²) in [6.07, 6.45) is -3.08. The minimum absolute atomic E-state index is 0.0819. The maximum atomic E-state index is 11.9.